The van der Waals surface area contributed by atoms with Crippen LogP contribution in [0, 0.1) is 0 Å². The Hall–Kier alpha value is -2.22. The van der Waals surface area contributed by atoms with E-state index in [1.54, 1.807) is 12.1 Å². The Morgan fingerprint density at radius 2 is 1.50 bits per heavy atom. The van der Waals surface area contributed by atoms with Crippen LogP contribution in [0.4, 0.5) is 0 Å². The number of nitrogens with one attached hydrogen (secondary N) is 2. The summed E-state index contributed by atoms with van der Waals surface area (Å²) in [5, 5.41) is 2.69. The molecule has 24 heavy (non-hydrogen) atoms. The topological polar surface area (TPSA) is 78.5 Å². The van der Waals surface area contributed by atoms with Crippen molar-refractivity contribution in [2.75, 3.05) is 27.2 Å². The molecule has 128 valence electrons. The molecule has 0 bridgehead atoms. The van der Waals surface area contributed by atoms with Gasteiger partial charge in [0.25, 0.3) is 16.1 Å². The molecule has 2 aromatic carbocycles. The van der Waals surface area contributed by atoms with Crippen LogP contribution in [0.2, 0.25) is 0 Å². The van der Waals surface area contributed by atoms with Gasteiger partial charge in [-0.3, -0.25) is 4.79 Å². The van der Waals surface area contributed by atoms with Crippen LogP contribution < -0.4 is 10.0 Å². The number of carbonyl (C=O) groups excluding carboxylic acids is 1. The van der Waals surface area contributed by atoms with Gasteiger partial charge in [-0.1, -0.05) is 42.5 Å². The second kappa shape index (κ2) is 8.05. The SMILES string of the molecule is CN(C)S(=O)(=O)NCCNC(=O)c1ccc(-c2ccccc2)cc1. The molecule has 6 nitrogen and oxygen atoms in total. The highest BCUT2D eigenvalue weighted by molar-refractivity contribution is 7.87. The first-order valence-corrected chi connectivity index (χ1v) is 8.95. The second-order valence-electron chi connectivity index (χ2n) is 5.38. The molecule has 0 radical (unpaired) electrons. The van der Waals surface area contributed by atoms with Crippen LogP contribution in [0.1, 0.15) is 10.4 Å². The lowest BCUT2D eigenvalue weighted by Crippen LogP contribution is -2.40. The second-order valence-corrected chi connectivity index (χ2v) is 7.35. The van der Waals surface area contributed by atoms with Gasteiger partial charge >= 0.3 is 0 Å². The minimum atomic E-state index is -3.46. The molecule has 2 N–H and O–H groups in total. The fourth-order valence-corrected chi connectivity index (χ4v) is 2.65. The summed E-state index contributed by atoms with van der Waals surface area (Å²) in [6.07, 6.45) is 0. The zero-order valence-electron chi connectivity index (χ0n) is 13.7. The van der Waals surface area contributed by atoms with Crippen molar-refractivity contribution in [3.63, 3.8) is 0 Å². The van der Waals surface area contributed by atoms with Crippen molar-refractivity contribution in [1.29, 1.82) is 0 Å². The Morgan fingerprint density at radius 3 is 2.08 bits per heavy atom. The summed E-state index contributed by atoms with van der Waals surface area (Å²) in [7, 11) is -0.586. The van der Waals surface area contributed by atoms with Crippen LogP contribution in [0.25, 0.3) is 11.1 Å². The van der Waals surface area contributed by atoms with E-state index in [4.69, 9.17) is 0 Å². The minimum absolute atomic E-state index is 0.133. The van der Waals surface area contributed by atoms with Gasteiger partial charge in [0.05, 0.1) is 0 Å². The Bertz CT molecular complexity index is 772. The van der Waals surface area contributed by atoms with Crippen molar-refractivity contribution in [2.45, 2.75) is 0 Å². The third kappa shape index (κ3) is 4.89. The Morgan fingerprint density at radius 1 is 0.917 bits per heavy atom. The van der Waals surface area contributed by atoms with E-state index in [0.717, 1.165) is 15.4 Å². The maximum absolute atomic E-state index is 12.1. The molecule has 0 fully saturated rings. The lowest BCUT2D eigenvalue weighted by molar-refractivity contribution is 0.0954. The Balaban J connectivity index is 1.87. The fraction of sp³-hybridized carbons (Fsp3) is 0.235. The van der Waals surface area contributed by atoms with Gasteiger partial charge in [-0.25, -0.2) is 4.72 Å². The molecule has 0 saturated heterocycles. The zero-order chi connectivity index (χ0) is 17.6. The number of rotatable bonds is 7. The Labute approximate surface area is 142 Å². The van der Waals surface area contributed by atoms with Gasteiger partial charge in [-0.15, -0.1) is 0 Å². The molecule has 0 saturated carbocycles. The molecule has 7 heteroatoms. The van der Waals surface area contributed by atoms with E-state index < -0.39 is 10.2 Å². The molecule has 1 amide bonds. The lowest BCUT2D eigenvalue weighted by Gasteiger charge is -2.12. The molecule has 2 rings (SSSR count). The molecule has 2 aromatic rings. The molecule has 0 spiro atoms. The number of carbonyl (C=O) groups is 1. The van der Waals surface area contributed by atoms with Crippen molar-refractivity contribution in [3.05, 3.63) is 60.2 Å². The molecule has 0 unspecified atom stereocenters. The highest BCUT2D eigenvalue weighted by Gasteiger charge is 2.12. The smallest absolute Gasteiger partial charge is 0.278 e. The van der Waals surface area contributed by atoms with Crippen molar-refractivity contribution in [1.82, 2.24) is 14.3 Å². The highest BCUT2D eigenvalue weighted by Crippen LogP contribution is 2.19. The number of amides is 1. The summed E-state index contributed by atoms with van der Waals surface area (Å²) in [5.74, 6) is -0.237. The fourth-order valence-electron chi connectivity index (χ4n) is 2.03. The molecular weight excluding hydrogens is 326 g/mol. The van der Waals surface area contributed by atoms with Gasteiger partial charge in [0, 0.05) is 32.7 Å². The number of benzene rings is 2. The predicted molar refractivity (Wildman–Crippen MR) is 94.8 cm³/mol. The van der Waals surface area contributed by atoms with E-state index in [2.05, 4.69) is 10.0 Å². The van der Waals surface area contributed by atoms with E-state index in [0.29, 0.717) is 5.56 Å². The first-order valence-electron chi connectivity index (χ1n) is 7.51. The van der Waals surface area contributed by atoms with Crippen LogP contribution >= 0.6 is 0 Å². The van der Waals surface area contributed by atoms with Crippen LogP contribution in [0.3, 0.4) is 0 Å². The first-order chi connectivity index (χ1) is 11.4. The van der Waals surface area contributed by atoms with Gasteiger partial charge in [-0.05, 0) is 23.3 Å². The van der Waals surface area contributed by atoms with E-state index in [1.807, 2.05) is 42.5 Å². The maximum atomic E-state index is 12.1. The standard InChI is InChI=1S/C17H21N3O3S/c1-20(2)24(22,23)19-13-12-18-17(21)16-10-8-15(9-11-16)14-6-4-3-5-7-14/h3-11,19H,12-13H2,1-2H3,(H,18,21). The zero-order valence-corrected chi connectivity index (χ0v) is 14.5. The van der Waals surface area contributed by atoms with E-state index in [1.165, 1.54) is 14.1 Å². The summed E-state index contributed by atoms with van der Waals surface area (Å²) < 4.78 is 26.5. The van der Waals surface area contributed by atoms with Gasteiger partial charge in [0.1, 0.15) is 0 Å². The Kier molecular flexibility index (Phi) is 6.08. The summed E-state index contributed by atoms with van der Waals surface area (Å²) in [6, 6.07) is 17.2. The average Bonchev–Trinajstić information content (AvgIpc) is 2.59. The molecule has 0 aromatic heterocycles. The summed E-state index contributed by atoms with van der Waals surface area (Å²) in [6.45, 7) is 0.348. The van der Waals surface area contributed by atoms with E-state index >= 15 is 0 Å². The van der Waals surface area contributed by atoms with Gasteiger partial charge < -0.3 is 5.32 Å². The third-order valence-electron chi connectivity index (χ3n) is 3.43. The van der Waals surface area contributed by atoms with Crippen molar-refractivity contribution in [3.8, 4) is 11.1 Å². The number of nitrogens with zero attached hydrogens (tertiary/aromatic N) is 1. The highest BCUT2D eigenvalue weighted by atomic mass is 32.2. The normalized spacial score (nSPS) is 11.5. The predicted octanol–water partition coefficient (Wildman–Crippen LogP) is 1.48. The number of hydrogen-bond acceptors (Lipinski definition) is 3. The van der Waals surface area contributed by atoms with Crippen molar-refractivity contribution >= 4 is 16.1 Å². The van der Waals surface area contributed by atoms with Gasteiger partial charge in [0.15, 0.2) is 0 Å². The molecule has 0 aliphatic heterocycles. The molecule has 0 atom stereocenters. The summed E-state index contributed by atoms with van der Waals surface area (Å²) in [4.78, 5) is 12.1. The third-order valence-corrected chi connectivity index (χ3v) is 4.96. The minimum Gasteiger partial charge on any atom is -0.351 e. The summed E-state index contributed by atoms with van der Waals surface area (Å²) in [5.41, 5.74) is 2.65. The maximum Gasteiger partial charge on any atom is 0.278 e. The van der Waals surface area contributed by atoms with Gasteiger partial charge in [-0.2, -0.15) is 12.7 Å². The average molecular weight is 347 g/mol. The molecule has 0 aliphatic carbocycles. The first kappa shape index (κ1) is 18.1. The number of hydrogen-bond donors (Lipinski definition) is 2. The van der Waals surface area contributed by atoms with Crippen LogP contribution in [-0.2, 0) is 10.2 Å². The van der Waals surface area contributed by atoms with E-state index in [-0.39, 0.29) is 19.0 Å². The van der Waals surface area contributed by atoms with Crippen molar-refractivity contribution < 1.29 is 13.2 Å². The molecule has 0 aliphatic rings. The van der Waals surface area contributed by atoms with Crippen LogP contribution in [0.15, 0.2) is 54.6 Å². The monoisotopic (exact) mass is 347 g/mol. The van der Waals surface area contributed by atoms with Crippen molar-refractivity contribution in [2.24, 2.45) is 0 Å². The van der Waals surface area contributed by atoms with Crippen LogP contribution in [0.5, 0.6) is 0 Å². The van der Waals surface area contributed by atoms with Gasteiger partial charge in [0.2, 0.25) is 0 Å². The molecular formula is C17H21N3O3S. The van der Waals surface area contributed by atoms with E-state index in [9.17, 15) is 13.2 Å². The largest absolute Gasteiger partial charge is 0.351 e. The lowest BCUT2D eigenvalue weighted by atomic mass is 10.0. The quantitative estimate of drug-likeness (QED) is 0.745. The van der Waals surface area contributed by atoms with Crippen LogP contribution in [-0.4, -0.2) is 45.8 Å². The molecule has 0 heterocycles. The summed E-state index contributed by atoms with van der Waals surface area (Å²) >= 11 is 0.